The third kappa shape index (κ3) is 5.53. The Morgan fingerprint density at radius 2 is 1.67 bits per heavy atom. The Labute approximate surface area is 203 Å². The highest BCUT2D eigenvalue weighted by molar-refractivity contribution is 5.64. The Bertz CT molecular complexity index is 728. The van der Waals surface area contributed by atoms with Gasteiger partial charge in [0.15, 0.2) is 0 Å². The molecule has 3 aliphatic rings. The van der Waals surface area contributed by atoms with E-state index >= 15 is 0 Å². The Hall–Kier alpha value is -1.26. The van der Waals surface area contributed by atoms with E-state index in [0.717, 1.165) is 6.61 Å². The third-order valence-electron chi connectivity index (χ3n) is 9.32. The lowest BCUT2D eigenvalue weighted by Crippen LogP contribution is -2.47. The highest BCUT2D eigenvalue weighted by atomic mass is 16.5. The molecule has 0 N–H and O–H groups in total. The minimum absolute atomic E-state index is 0.533. The highest BCUT2D eigenvalue weighted by Gasteiger charge is 2.35. The van der Waals surface area contributed by atoms with E-state index in [1.807, 2.05) is 7.11 Å². The van der Waals surface area contributed by atoms with Crippen molar-refractivity contribution in [1.29, 1.82) is 0 Å². The average molecular weight is 456 g/mol. The van der Waals surface area contributed by atoms with Gasteiger partial charge in [0.2, 0.25) is 0 Å². The van der Waals surface area contributed by atoms with Gasteiger partial charge >= 0.3 is 0 Å². The summed E-state index contributed by atoms with van der Waals surface area (Å²) >= 11 is 0. The van der Waals surface area contributed by atoms with Crippen molar-refractivity contribution in [1.82, 2.24) is 4.90 Å². The van der Waals surface area contributed by atoms with Crippen molar-refractivity contribution < 1.29 is 4.74 Å². The molecule has 3 fully saturated rings. The molecule has 1 saturated carbocycles. The minimum atomic E-state index is 0.533. The van der Waals surface area contributed by atoms with Gasteiger partial charge < -0.3 is 14.5 Å². The number of methoxy groups -OCH3 is 1. The van der Waals surface area contributed by atoms with Crippen LogP contribution in [0.4, 0.5) is 11.4 Å². The second-order valence-corrected chi connectivity index (χ2v) is 11.0. The molecule has 4 rings (SSSR count). The Morgan fingerprint density at radius 1 is 0.939 bits per heavy atom. The summed E-state index contributed by atoms with van der Waals surface area (Å²) in [6, 6.07) is 8.02. The van der Waals surface area contributed by atoms with Crippen LogP contribution in [0.2, 0.25) is 0 Å². The zero-order chi connectivity index (χ0) is 23.3. The summed E-state index contributed by atoms with van der Waals surface area (Å²) in [5.41, 5.74) is 5.20. The molecule has 2 saturated heterocycles. The number of ether oxygens (including phenoxy) is 1. The van der Waals surface area contributed by atoms with Gasteiger partial charge in [-0.3, -0.25) is 4.90 Å². The molecule has 0 amide bonds. The van der Waals surface area contributed by atoms with E-state index in [2.05, 4.69) is 53.7 Å². The van der Waals surface area contributed by atoms with Gasteiger partial charge in [0.25, 0.3) is 0 Å². The van der Waals surface area contributed by atoms with Crippen molar-refractivity contribution in [3.8, 4) is 0 Å². The van der Waals surface area contributed by atoms with Gasteiger partial charge in [-0.2, -0.15) is 0 Å². The quantitative estimate of drug-likeness (QED) is 0.435. The number of rotatable bonds is 9. The fourth-order valence-electron chi connectivity index (χ4n) is 6.90. The molecule has 0 aromatic heterocycles. The number of piperazine rings is 1. The van der Waals surface area contributed by atoms with Crippen molar-refractivity contribution in [3.63, 3.8) is 0 Å². The van der Waals surface area contributed by atoms with Crippen molar-refractivity contribution >= 4 is 11.4 Å². The van der Waals surface area contributed by atoms with Crippen molar-refractivity contribution in [2.75, 3.05) is 62.8 Å². The smallest absolute Gasteiger partial charge is 0.0666 e. The van der Waals surface area contributed by atoms with Gasteiger partial charge in [-0.25, -0.2) is 0 Å². The maximum atomic E-state index is 5.57. The first kappa shape index (κ1) is 24.9. The molecule has 0 spiro atoms. The first-order chi connectivity index (χ1) is 16.1. The molecule has 0 radical (unpaired) electrons. The van der Waals surface area contributed by atoms with Crippen LogP contribution in [0.15, 0.2) is 18.2 Å². The monoisotopic (exact) mass is 455 g/mol. The minimum Gasteiger partial charge on any atom is -0.383 e. The van der Waals surface area contributed by atoms with Crippen LogP contribution in [0.5, 0.6) is 0 Å². The molecule has 33 heavy (non-hydrogen) atoms. The predicted octanol–water partition coefficient (Wildman–Crippen LogP) is 6.30. The van der Waals surface area contributed by atoms with E-state index in [1.165, 1.54) is 108 Å². The van der Waals surface area contributed by atoms with Crippen LogP contribution in [0.1, 0.15) is 90.0 Å². The third-order valence-corrected chi connectivity index (χ3v) is 9.32. The van der Waals surface area contributed by atoms with Crippen LogP contribution < -0.4 is 9.80 Å². The van der Waals surface area contributed by atoms with E-state index in [-0.39, 0.29) is 0 Å². The van der Waals surface area contributed by atoms with Crippen LogP contribution >= 0.6 is 0 Å². The lowest BCUT2D eigenvalue weighted by atomic mass is 9.66. The van der Waals surface area contributed by atoms with Gasteiger partial charge in [0, 0.05) is 51.2 Å². The number of hydrogen-bond donors (Lipinski definition) is 0. The Kier molecular flexibility index (Phi) is 8.62. The van der Waals surface area contributed by atoms with Crippen LogP contribution in [0, 0.1) is 5.41 Å². The molecular formula is C29H49N3O. The molecule has 1 aromatic rings. The van der Waals surface area contributed by atoms with Gasteiger partial charge in [-0.05, 0) is 86.6 Å². The zero-order valence-corrected chi connectivity index (χ0v) is 22.0. The van der Waals surface area contributed by atoms with Crippen LogP contribution in [-0.4, -0.2) is 63.9 Å². The largest absolute Gasteiger partial charge is 0.383 e. The molecule has 186 valence electrons. The Balaban J connectivity index is 1.58. The van der Waals surface area contributed by atoms with Gasteiger partial charge in [-0.1, -0.05) is 33.6 Å². The van der Waals surface area contributed by atoms with Crippen molar-refractivity contribution in [3.05, 3.63) is 23.8 Å². The number of hydrogen-bond acceptors (Lipinski definition) is 4. The highest BCUT2D eigenvalue weighted by Crippen LogP contribution is 2.49. The first-order valence-corrected chi connectivity index (χ1v) is 14.0. The summed E-state index contributed by atoms with van der Waals surface area (Å²) in [4.78, 5) is 7.96. The van der Waals surface area contributed by atoms with Crippen molar-refractivity contribution in [2.24, 2.45) is 5.41 Å². The van der Waals surface area contributed by atoms with E-state index < -0.39 is 0 Å². The fraction of sp³-hybridized carbons (Fsp3) is 0.793. The molecule has 0 unspecified atom stereocenters. The second kappa shape index (κ2) is 11.4. The molecule has 1 atom stereocenters. The average Bonchev–Trinajstić information content (AvgIpc) is 3.33. The topological polar surface area (TPSA) is 19.0 Å². The SMILES string of the molecule is CCCN1CCN(c2ccc(N3CCC[C@H]3COC)cc2C2CCC(CC)(CC)CC2)CC1. The van der Waals surface area contributed by atoms with E-state index in [4.69, 9.17) is 4.74 Å². The molecule has 1 aromatic carbocycles. The first-order valence-electron chi connectivity index (χ1n) is 14.0. The van der Waals surface area contributed by atoms with Crippen LogP contribution in [0.3, 0.4) is 0 Å². The summed E-state index contributed by atoms with van der Waals surface area (Å²) in [6.07, 6.45) is 12.0. The molecule has 0 bridgehead atoms. The fourth-order valence-corrected chi connectivity index (χ4v) is 6.90. The molecule has 2 heterocycles. The molecule has 4 nitrogen and oxygen atoms in total. The van der Waals surface area contributed by atoms with E-state index in [1.54, 1.807) is 5.56 Å². The maximum absolute atomic E-state index is 5.57. The molecule has 4 heteroatoms. The lowest BCUT2D eigenvalue weighted by Gasteiger charge is -2.42. The van der Waals surface area contributed by atoms with E-state index in [9.17, 15) is 0 Å². The van der Waals surface area contributed by atoms with Crippen LogP contribution in [0.25, 0.3) is 0 Å². The predicted molar refractivity (Wildman–Crippen MR) is 142 cm³/mol. The standard InChI is InChI=1S/C29H49N3O/c1-5-16-30-18-20-31(21-19-30)28-11-10-25(32-17-8-9-26(32)23-33-4)22-27(28)24-12-14-29(6-2,7-3)15-13-24/h10-11,22,24,26H,5-9,12-21,23H2,1-4H3/t26-/m0/s1. The summed E-state index contributed by atoms with van der Waals surface area (Å²) in [5, 5.41) is 0. The lowest BCUT2D eigenvalue weighted by molar-refractivity contribution is 0.159. The number of benzene rings is 1. The Morgan fingerprint density at radius 3 is 2.30 bits per heavy atom. The van der Waals surface area contributed by atoms with Crippen molar-refractivity contribution in [2.45, 2.75) is 90.5 Å². The zero-order valence-electron chi connectivity index (χ0n) is 22.0. The summed E-state index contributed by atoms with van der Waals surface area (Å²) in [7, 11) is 1.85. The molecule has 1 aliphatic carbocycles. The summed E-state index contributed by atoms with van der Waals surface area (Å²) in [6.45, 7) is 15.1. The number of anilines is 2. The summed E-state index contributed by atoms with van der Waals surface area (Å²) in [5.74, 6) is 0.711. The molecule has 2 aliphatic heterocycles. The van der Waals surface area contributed by atoms with Crippen LogP contribution in [-0.2, 0) is 4.74 Å². The second-order valence-electron chi connectivity index (χ2n) is 11.0. The summed E-state index contributed by atoms with van der Waals surface area (Å²) < 4.78 is 5.57. The van der Waals surface area contributed by atoms with Gasteiger partial charge in [0.05, 0.1) is 12.6 Å². The number of nitrogens with zero attached hydrogens (tertiary/aromatic N) is 3. The normalized spacial score (nSPS) is 24.5. The molecular weight excluding hydrogens is 406 g/mol. The van der Waals surface area contributed by atoms with E-state index in [0.29, 0.717) is 17.4 Å². The van der Waals surface area contributed by atoms with Gasteiger partial charge in [-0.15, -0.1) is 0 Å². The van der Waals surface area contributed by atoms with Gasteiger partial charge in [0.1, 0.15) is 0 Å². The maximum Gasteiger partial charge on any atom is 0.0666 e.